The molecule has 0 saturated carbocycles. The summed E-state index contributed by atoms with van der Waals surface area (Å²) in [5, 5.41) is 10.6. The smallest absolute Gasteiger partial charge is 0.224 e. The normalized spacial score (nSPS) is 12.5. The van der Waals surface area contributed by atoms with Crippen LogP contribution in [0.4, 0.5) is 10.1 Å². The first kappa shape index (κ1) is 29.1. The Labute approximate surface area is 252 Å². The number of halogens is 1. The van der Waals surface area contributed by atoms with Gasteiger partial charge in [0.25, 0.3) is 0 Å². The Kier molecular flexibility index (Phi) is 7.66. The maximum Gasteiger partial charge on any atom is 0.224 e. The number of unbranched alkanes of at least 4 members (excludes halogenated alkanes) is 1. The van der Waals surface area contributed by atoms with Gasteiger partial charge in [-0.25, -0.2) is 12.8 Å². The van der Waals surface area contributed by atoms with E-state index in [1.165, 1.54) is 6.07 Å². The summed E-state index contributed by atoms with van der Waals surface area (Å²) in [6.45, 7) is 2.03. The van der Waals surface area contributed by atoms with Crippen LogP contribution < -0.4 is 11.1 Å². The van der Waals surface area contributed by atoms with Crippen LogP contribution in [0, 0.1) is 5.82 Å². The molecular formula is C31H29FN8O3S. The van der Waals surface area contributed by atoms with E-state index in [-0.39, 0.29) is 11.5 Å². The maximum atomic E-state index is 14.7. The molecule has 0 aliphatic rings. The summed E-state index contributed by atoms with van der Waals surface area (Å²) < 4.78 is 38.8. The van der Waals surface area contributed by atoms with Gasteiger partial charge in [0.2, 0.25) is 5.91 Å². The highest BCUT2D eigenvalue weighted by molar-refractivity contribution is 7.90. The molecule has 1 amide bonds. The molecular weight excluding hydrogens is 583 g/mol. The molecule has 0 spiro atoms. The number of hydrogen-bond acceptors (Lipinski definition) is 8. The standard InChI is InChI=1S/C31H29FN8O3S/c1-3-4-5-29(41)37-21-9-19(12-34-13-21)25-11-23-28(16-36-25)39-40-30(23)26-10-22-24(14-35-15-27(22)38-26)17-6-18(8-20(32)7-17)31(33)44(2,42)43/h6-16,31,38H,3-5,33H2,1-2H3,(H,37,41)(H,39,40). The van der Waals surface area contributed by atoms with E-state index in [9.17, 15) is 17.6 Å². The fourth-order valence-electron chi connectivity index (χ4n) is 5.08. The quantitative estimate of drug-likeness (QED) is 0.166. The van der Waals surface area contributed by atoms with Crippen molar-refractivity contribution < 1.29 is 17.6 Å². The van der Waals surface area contributed by atoms with Crippen molar-refractivity contribution >= 4 is 43.2 Å². The SMILES string of the molecule is CCCCC(=O)Nc1cncc(-c2cc3c(-c4cc5c(-c6cc(F)cc(C(N)S(C)(=O)=O)c6)cncc5[nH]4)n[nH]c3cn2)c1. The molecule has 0 bridgehead atoms. The molecule has 224 valence electrons. The van der Waals surface area contributed by atoms with Crippen molar-refractivity contribution in [3.63, 3.8) is 0 Å². The number of rotatable bonds is 9. The van der Waals surface area contributed by atoms with E-state index < -0.39 is 21.0 Å². The Bertz CT molecular complexity index is 2140. The Morgan fingerprint density at radius 3 is 2.59 bits per heavy atom. The number of pyridine rings is 3. The van der Waals surface area contributed by atoms with Crippen molar-refractivity contribution in [1.29, 1.82) is 0 Å². The molecule has 13 heteroatoms. The molecule has 0 fully saturated rings. The summed E-state index contributed by atoms with van der Waals surface area (Å²) in [7, 11) is -3.65. The lowest BCUT2D eigenvalue weighted by Gasteiger charge is -2.12. The fraction of sp³-hybridized carbons (Fsp3) is 0.194. The molecule has 44 heavy (non-hydrogen) atoms. The predicted molar refractivity (Wildman–Crippen MR) is 168 cm³/mol. The van der Waals surface area contributed by atoms with Gasteiger partial charge in [0.1, 0.15) is 16.9 Å². The molecule has 0 radical (unpaired) electrons. The zero-order valence-corrected chi connectivity index (χ0v) is 24.7. The van der Waals surface area contributed by atoms with Gasteiger partial charge in [0.05, 0.1) is 46.7 Å². The largest absolute Gasteiger partial charge is 0.352 e. The van der Waals surface area contributed by atoms with Crippen LogP contribution in [0.25, 0.3) is 55.6 Å². The minimum absolute atomic E-state index is 0.0632. The number of carbonyl (C=O) groups is 1. The van der Waals surface area contributed by atoms with Gasteiger partial charge in [-0.1, -0.05) is 13.3 Å². The van der Waals surface area contributed by atoms with Gasteiger partial charge in [-0.2, -0.15) is 5.10 Å². The number of sulfone groups is 1. The lowest BCUT2D eigenvalue weighted by atomic mass is 10.0. The number of carbonyl (C=O) groups excluding carboxylic acids is 1. The van der Waals surface area contributed by atoms with Crippen LogP contribution in [0.5, 0.6) is 0 Å². The van der Waals surface area contributed by atoms with E-state index in [2.05, 4.69) is 35.5 Å². The third kappa shape index (κ3) is 5.79. The maximum absolute atomic E-state index is 14.7. The Morgan fingerprint density at radius 1 is 0.977 bits per heavy atom. The van der Waals surface area contributed by atoms with E-state index in [1.807, 2.05) is 25.1 Å². The lowest BCUT2D eigenvalue weighted by Crippen LogP contribution is -2.20. The molecule has 5 heterocycles. The number of nitrogens with two attached hydrogens (primary N) is 1. The van der Waals surface area contributed by atoms with Gasteiger partial charge in [-0.05, 0) is 53.9 Å². The van der Waals surface area contributed by atoms with Gasteiger partial charge < -0.3 is 16.0 Å². The zero-order valence-electron chi connectivity index (χ0n) is 23.9. The van der Waals surface area contributed by atoms with Gasteiger partial charge >= 0.3 is 0 Å². The van der Waals surface area contributed by atoms with Gasteiger partial charge in [-0.3, -0.25) is 24.8 Å². The second kappa shape index (κ2) is 11.6. The summed E-state index contributed by atoms with van der Waals surface area (Å²) in [4.78, 5) is 28.7. The van der Waals surface area contributed by atoms with Crippen LogP contribution in [-0.4, -0.2) is 50.7 Å². The third-order valence-corrected chi connectivity index (χ3v) is 8.54. The van der Waals surface area contributed by atoms with Crippen LogP contribution in [-0.2, 0) is 14.6 Å². The summed E-state index contributed by atoms with van der Waals surface area (Å²) in [6, 6.07) is 9.61. The highest BCUT2D eigenvalue weighted by atomic mass is 32.2. The van der Waals surface area contributed by atoms with Crippen molar-refractivity contribution in [1.82, 2.24) is 30.1 Å². The first-order chi connectivity index (χ1) is 21.1. The zero-order chi connectivity index (χ0) is 31.0. The molecule has 5 N–H and O–H groups in total. The first-order valence-electron chi connectivity index (χ1n) is 13.9. The molecule has 5 aromatic heterocycles. The highest BCUT2D eigenvalue weighted by Crippen LogP contribution is 2.35. The van der Waals surface area contributed by atoms with E-state index in [0.29, 0.717) is 51.4 Å². The monoisotopic (exact) mass is 612 g/mol. The number of aromatic nitrogens is 6. The molecule has 0 aliphatic heterocycles. The number of H-pyrrole nitrogens is 2. The summed E-state index contributed by atoms with van der Waals surface area (Å²) in [5.41, 5.74) is 11.7. The van der Waals surface area contributed by atoms with E-state index in [4.69, 9.17) is 5.73 Å². The highest BCUT2D eigenvalue weighted by Gasteiger charge is 2.21. The summed E-state index contributed by atoms with van der Waals surface area (Å²) in [5.74, 6) is -0.673. The van der Waals surface area contributed by atoms with Crippen LogP contribution in [0.15, 0.2) is 67.4 Å². The average molecular weight is 613 g/mol. The van der Waals surface area contributed by atoms with Crippen molar-refractivity contribution in [2.75, 3.05) is 11.6 Å². The minimum atomic E-state index is -3.65. The third-order valence-electron chi connectivity index (χ3n) is 7.34. The number of hydrogen-bond donors (Lipinski definition) is 4. The fourth-order valence-corrected chi connectivity index (χ4v) is 5.71. The van der Waals surface area contributed by atoms with E-state index in [1.54, 1.807) is 37.1 Å². The minimum Gasteiger partial charge on any atom is -0.352 e. The van der Waals surface area contributed by atoms with Gasteiger partial charge in [0, 0.05) is 47.0 Å². The Morgan fingerprint density at radius 2 is 1.80 bits per heavy atom. The molecule has 0 aliphatic carbocycles. The van der Waals surface area contributed by atoms with Crippen molar-refractivity contribution in [2.45, 2.75) is 31.6 Å². The number of benzene rings is 1. The lowest BCUT2D eigenvalue weighted by molar-refractivity contribution is -0.116. The number of nitrogens with one attached hydrogen (secondary N) is 3. The second-order valence-corrected chi connectivity index (χ2v) is 12.8. The number of fused-ring (bicyclic) bond motifs is 2. The van der Waals surface area contributed by atoms with Gasteiger partial charge in [0.15, 0.2) is 9.84 Å². The van der Waals surface area contributed by atoms with Crippen molar-refractivity contribution in [2.24, 2.45) is 5.73 Å². The topological polar surface area (TPSA) is 172 Å². The number of amides is 1. The Hall–Kier alpha value is -5.01. The van der Waals surface area contributed by atoms with Gasteiger partial charge in [-0.15, -0.1) is 0 Å². The molecule has 1 atom stereocenters. The number of nitrogens with zero attached hydrogens (tertiary/aromatic N) is 4. The van der Waals surface area contributed by atoms with Crippen LogP contribution in [0.2, 0.25) is 0 Å². The van der Waals surface area contributed by atoms with Crippen molar-refractivity contribution in [3.8, 4) is 33.8 Å². The first-order valence-corrected chi connectivity index (χ1v) is 15.9. The summed E-state index contributed by atoms with van der Waals surface area (Å²) >= 11 is 0. The molecule has 0 saturated heterocycles. The number of aromatic amines is 2. The van der Waals surface area contributed by atoms with Crippen LogP contribution >= 0.6 is 0 Å². The molecule has 1 unspecified atom stereocenters. The van der Waals surface area contributed by atoms with E-state index >= 15 is 0 Å². The van der Waals surface area contributed by atoms with Crippen LogP contribution in [0.1, 0.15) is 37.1 Å². The molecule has 6 rings (SSSR count). The molecule has 11 nitrogen and oxygen atoms in total. The Balaban J connectivity index is 1.38. The van der Waals surface area contributed by atoms with Crippen LogP contribution in [0.3, 0.4) is 0 Å². The second-order valence-electron chi connectivity index (χ2n) is 10.7. The number of anilines is 1. The molecule has 1 aromatic carbocycles. The predicted octanol–water partition coefficient (Wildman–Crippen LogP) is 5.50. The summed E-state index contributed by atoms with van der Waals surface area (Å²) in [6.07, 6.45) is 11.4. The molecule has 6 aromatic rings. The van der Waals surface area contributed by atoms with Crippen molar-refractivity contribution in [3.05, 3.63) is 78.8 Å². The average Bonchev–Trinajstić information content (AvgIpc) is 3.62. The van der Waals surface area contributed by atoms with E-state index in [0.717, 1.165) is 41.5 Å².